The van der Waals surface area contributed by atoms with E-state index in [0.29, 0.717) is 17.6 Å². The van der Waals surface area contributed by atoms with Gasteiger partial charge in [-0.25, -0.2) is 4.39 Å². The van der Waals surface area contributed by atoms with Crippen LogP contribution < -0.4 is 4.74 Å². The Hall–Kier alpha value is -2.87. The average Bonchev–Trinajstić information content (AvgIpc) is 3.29. The van der Waals surface area contributed by atoms with Gasteiger partial charge in [-0.15, -0.1) is 0 Å². The van der Waals surface area contributed by atoms with Crippen LogP contribution in [0.5, 0.6) is 5.75 Å². The maximum Gasteiger partial charge on any atom is 0.131 e. The third kappa shape index (κ3) is 4.75. The van der Waals surface area contributed by atoms with Gasteiger partial charge in [-0.05, 0) is 139 Å². The quantitative estimate of drug-likeness (QED) is 0.300. The van der Waals surface area contributed by atoms with Gasteiger partial charge in [0, 0.05) is 5.56 Å². The van der Waals surface area contributed by atoms with Crippen LogP contribution in [0.15, 0.2) is 60.7 Å². The molecule has 1 saturated carbocycles. The van der Waals surface area contributed by atoms with Gasteiger partial charge in [-0.1, -0.05) is 63.1 Å². The van der Waals surface area contributed by atoms with Gasteiger partial charge < -0.3 is 4.74 Å². The summed E-state index contributed by atoms with van der Waals surface area (Å²) in [4.78, 5) is 0. The number of allylic oxidation sites excluding steroid dienone is 2. The van der Waals surface area contributed by atoms with Gasteiger partial charge in [0.25, 0.3) is 0 Å². The molecular weight excluding hydrogens is 479 g/mol. The van der Waals surface area contributed by atoms with Crippen molar-refractivity contribution in [3.8, 4) is 16.9 Å². The molecule has 2 heteroatoms. The zero-order valence-corrected chi connectivity index (χ0v) is 24.2. The van der Waals surface area contributed by atoms with E-state index in [2.05, 4.69) is 63.2 Å². The summed E-state index contributed by atoms with van der Waals surface area (Å²) < 4.78 is 21.5. The zero-order valence-electron chi connectivity index (χ0n) is 24.2. The lowest BCUT2D eigenvalue weighted by molar-refractivity contribution is 0.0887. The highest BCUT2D eigenvalue weighted by Crippen LogP contribution is 2.57. The topological polar surface area (TPSA) is 9.23 Å². The molecule has 3 aromatic carbocycles. The molecule has 39 heavy (non-hydrogen) atoms. The number of halogens is 1. The fourth-order valence-corrected chi connectivity index (χ4v) is 7.82. The Morgan fingerprint density at radius 2 is 1.79 bits per heavy atom. The molecule has 3 aliphatic rings. The van der Waals surface area contributed by atoms with Gasteiger partial charge in [-0.2, -0.15) is 0 Å². The van der Waals surface area contributed by atoms with E-state index in [1.54, 1.807) is 11.6 Å². The van der Waals surface area contributed by atoms with Crippen LogP contribution in [0.3, 0.4) is 0 Å². The molecule has 204 valence electrons. The predicted molar refractivity (Wildman–Crippen MR) is 161 cm³/mol. The molecule has 0 heterocycles. The summed E-state index contributed by atoms with van der Waals surface area (Å²) in [5.41, 5.74) is 9.89. The first-order chi connectivity index (χ1) is 18.8. The van der Waals surface area contributed by atoms with Crippen molar-refractivity contribution in [1.82, 2.24) is 0 Å². The highest BCUT2D eigenvalue weighted by atomic mass is 19.1. The molecular formula is C37H43FO. The molecule has 3 aliphatic carbocycles. The molecule has 0 bridgehead atoms. The first-order valence-electron chi connectivity index (χ1n) is 15.2. The molecule has 0 radical (unpaired) electrons. The molecule has 0 aliphatic heterocycles. The SMILES string of the molecule is CCC[C@@H]1CC[C@@]12CCCc1ccc(OCc3ccc(-c4cc(C)ccc4F)c(C4=CCCC4(C)C)c3)cc12. The lowest BCUT2D eigenvalue weighted by Gasteiger charge is -2.53. The van der Waals surface area contributed by atoms with Gasteiger partial charge >= 0.3 is 0 Å². The molecule has 0 N–H and O–H groups in total. The number of ether oxygens (including phenoxy) is 1. The minimum atomic E-state index is -0.164. The van der Waals surface area contributed by atoms with Crippen molar-refractivity contribution in [3.05, 3.63) is 94.3 Å². The molecule has 3 aromatic rings. The Morgan fingerprint density at radius 1 is 0.923 bits per heavy atom. The zero-order chi connectivity index (χ0) is 27.2. The maximum absolute atomic E-state index is 15.1. The molecule has 0 saturated heterocycles. The largest absolute Gasteiger partial charge is 0.489 e. The Labute approximate surface area is 234 Å². The summed E-state index contributed by atoms with van der Waals surface area (Å²) in [5.74, 6) is 1.65. The summed E-state index contributed by atoms with van der Waals surface area (Å²) >= 11 is 0. The van der Waals surface area contributed by atoms with Crippen LogP contribution in [0, 0.1) is 24.1 Å². The molecule has 0 aromatic heterocycles. The number of hydrogen-bond acceptors (Lipinski definition) is 1. The lowest BCUT2D eigenvalue weighted by Crippen LogP contribution is -2.46. The van der Waals surface area contributed by atoms with Gasteiger partial charge in [0.05, 0.1) is 0 Å². The van der Waals surface area contributed by atoms with Crippen molar-refractivity contribution in [2.24, 2.45) is 11.3 Å². The monoisotopic (exact) mass is 522 g/mol. The Morgan fingerprint density at radius 3 is 2.54 bits per heavy atom. The minimum Gasteiger partial charge on any atom is -0.489 e. The fraction of sp³-hybridized carbons (Fsp3) is 0.459. The maximum atomic E-state index is 15.1. The van der Waals surface area contributed by atoms with E-state index in [1.807, 2.05) is 19.1 Å². The summed E-state index contributed by atoms with van der Waals surface area (Å²) in [6.07, 6.45) is 13.7. The Balaban J connectivity index is 1.31. The van der Waals surface area contributed by atoms with Crippen LogP contribution in [0.2, 0.25) is 0 Å². The van der Waals surface area contributed by atoms with Gasteiger partial charge in [0.2, 0.25) is 0 Å². The van der Waals surface area contributed by atoms with E-state index in [-0.39, 0.29) is 11.2 Å². The molecule has 2 atom stereocenters. The van der Waals surface area contributed by atoms with Crippen LogP contribution in [0.25, 0.3) is 16.7 Å². The van der Waals surface area contributed by atoms with Gasteiger partial charge in [0.15, 0.2) is 0 Å². The van der Waals surface area contributed by atoms with Crippen molar-refractivity contribution in [1.29, 1.82) is 0 Å². The fourth-order valence-electron chi connectivity index (χ4n) is 7.82. The summed E-state index contributed by atoms with van der Waals surface area (Å²) in [5, 5.41) is 0. The normalized spacial score (nSPS) is 23.3. The van der Waals surface area contributed by atoms with Crippen molar-refractivity contribution < 1.29 is 9.13 Å². The standard InChI is InChI=1S/C37H43FO/c1-5-8-28-17-20-37(28)19-6-9-27-13-14-29(23-34(27)37)39-24-26-12-15-30(32-21-25(2)11-16-35(32)38)31(22-26)33-10-7-18-36(33,3)4/h10-16,21-23,28H,5-9,17-20,24H2,1-4H3/t28-,37+/m1/s1. The highest BCUT2D eigenvalue weighted by Gasteiger charge is 2.49. The Kier molecular flexibility index (Phi) is 6.94. The summed E-state index contributed by atoms with van der Waals surface area (Å²) in [6.45, 7) is 9.48. The van der Waals surface area contributed by atoms with Crippen LogP contribution in [-0.4, -0.2) is 0 Å². The smallest absolute Gasteiger partial charge is 0.131 e. The molecule has 1 fully saturated rings. The highest BCUT2D eigenvalue weighted by molar-refractivity contribution is 5.85. The number of hydrogen-bond donors (Lipinski definition) is 0. The Bertz CT molecular complexity index is 1410. The van der Waals surface area contributed by atoms with E-state index in [1.165, 1.54) is 56.1 Å². The number of rotatable bonds is 7. The second kappa shape index (κ2) is 10.3. The van der Waals surface area contributed by atoms with Crippen LogP contribution in [0.4, 0.5) is 4.39 Å². The molecule has 6 rings (SSSR count). The number of aryl methyl sites for hydroxylation is 2. The van der Waals surface area contributed by atoms with Crippen molar-refractivity contribution in [2.75, 3.05) is 0 Å². The number of fused-ring (bicyclic) bond motifs is 2. The summed E-state index contributed by atoms with van der Waals surface area (Å²) in [7, 11) is 0. The second-order valence-corrected chi connectivity index (χ2v) is 13.0. The van der Waals surface area contributed by atoms with E-state index < -0.39 is 0 Å². The van der Waals surface area contributed by atoms with Crippen LogP contribution in [0.1, 0.15) is 100.0 Å². The van der Waals surface area contributed by atoms with E-state index in [0.717, 1.165) is 46.8 Å². The van der Waals surface area contributed by atoms with E-state index in [4.69, 9.17) is 4.74 Å². The lowest BCUT2D eigenvalue weighted by atomic mass is 9.51. The van der Waals surface area contributed by atoms with Crippen LogP contribution in [-0.2, 0) is 18.4 Å². The van der Waals surface area contributed by atoms with E-state index >= 15 is 4.39 Å². The first-order valence-corrected chi connectivity index (χ1v) is 15.2. The average molecular weight is 523 g/mol. The van der Waals surface area contributed by atoms with Crippen molar-refractivity contribution in [2.45, 2.75) is 97.5 Å². The number of benzene rings is 3. The van der Waals surface area contributed by atoms with Crippen molar-refractivity contribution in [3.63, 3.8) is 0 Å². The molecule has 1 nitrogen and oxygen atoms in total. The predicted octanol–water partition coefficient (Wildman–Crippen LogP) is 10.4. The van der Waals surface area contributed by atoms with Crippen molar-refractivity contribution >= 4 is 5.57 Å². The van der Waals surface area contributed by atoms with Gasteiger partial charge in [0.1, 0.15) is 18.2 Å². The minimum absolute atomic E-state index is 0.0686. The molecule has 0 amide bonds. The second-order valence-electron chi connectivity index (χ2n) is 13.0. The third-order valence-electron chi connectivity index (χ3n) is 10.1. The molecule has 1 spiro atoms. The van der Waals surface area contributed by atoms with E-state index in [9.17, 15) is 0 Å². The van der Waals surface area contributed by atoms with Crippen LogP contribution >= 0.6 is 0 Å². The third-order valence-corrected chi connectivity index (χ3v) is 10.1. The molecule has 0 unspecified atom stereocenters. The first kappa shape index (κ1) is 26.4. The van der Waals surface area contributed by atoms with Gasteiger partial charge in [-0.3, -0.25) is 0 Å². The summed E-state index contributed by atoms with van der Waals surface area (Å²) in [6, 6.07) is 18.8.